The van der Waals surface area contributed by atoms with Gasteiger partial charge in [-0.15, -0.1) is 0 Å². The van der Waals surface area contributed by atoms with Crippen molar-refractivity contribution >= 4 is 5.69 Å². The quantitative estimate of drug-likeness (QED) is 0.590. The smallest absolute Gasteiger partial charge is 0.191 e. The molecule has 0 spiro atoms. The fourth-order valence-corrected chi connectivity index (χ4v) is 2.14. The largest absolute Gasteiger partial charge is 0.493 e. The van der Waals surface area contributed by atoms with Crippen molar-refractivity contribution in [2.24, 2.45) is 0 Å². The molecule has 0 amide bonds. The van der Waals surface area contributed by atoms with Crippen LogP contribution in [-0.4, -0.2) is 51.5 Å². The molecular formula is C15H20N2O3. The van der Waals surface area contributed by atoms with Crippen molar-refractivity contribution in [1.29, 1.82) is 0 Å². The monoisotopic (exact) mass is 276 g/mol. The molecule has 108 valence electrons. The molecule has 1 heterocycles. The van der Waals surface area contributed by atoms with Crippen LogP contribution in [0.25, 0.3) is 4.85 Å². The molecule has 0 saturated carbocycles. The van der Waals surface area contributed by atoms with Crippen LogP contribution in [0.1, 0.15) is 6.42 Å². The average molecular weight is 276 g/mol. The number of morpholine rings is 1. The van der Waals surface area contributed by atoms with Crippen LogP contribution in [0.4, 0.5) is 5.69 Å². The third kappa shape index (κ3) is 4.12. The minimum absolute atomic E-state index is 0.564. The summed E-state index contributed by atoms with van der Waals surface area (Å²) in [6.45, 7) is 12.3. The molecule has 1 saturated heterocycles. The molecule has 5 nitrogen and oxygen atoms in total. The summed E-state index contributed by atoms with van der Waals surface area (Å²) < 4.78 is 16.3. The fraction of sp³-hybridized carbons (Fsp3) is 0.533. The van der Waals surface area contributed by atoms with Crippen LogP contribution in [-0.2, 0) is 4.74 Å². The lowest BCUT2D eigenvalue weighted by molar-refractivity contribution is 0.0357. The molecule has 1 aliphatic heterocycles. The van der Waals surface area contributed by atoms with Gasteiger partial charge in [0, 0.05) is 19.6 Å². The summed E-state index contributed by atoms with van der Waals surface area (Å²) >= 11 is 0. The van der Waals surface area contributed by atoms with Crippen molar-refractivity contribution in [3.05, 3.63) is 29.6 Å². The maximum absolute atomic E-state index is 7.03. The Balaban J connectivity index is 1.79. The SMILES string of the molecule is [C-]#[N+]c1ccc(OC)c(OCCCN2CCOCC2)c1. The van der Waals surface area contributed by atoms with Crippen molar-refractivity contribution in [2.75, 3.05) is 46.6 Å². The van der Waals surface area contributed by atoms with Crippen molar-refractivity contribution in [3.8, 4) is 11.5 Å². The number of hydrogen-bond acceptors (Lipinski definition) is 4. The number of benzene rings is 1. The topological polar surface area (TPSA) is 35.3 Å². The van der Waals surface area contributed by atoms with E-state index < -0.39 is 0 Å². The van der Waals surface area contributed by atoms with Crippen LogP contribution in [0.15, 0.2) is 18.2 Å². The van der Waals surface area contributed by atoms with Gasteiger partial charge in [0.25, 0.3) is 0 Å². The molecule has 20 heavy (non-hydrogen) atoms. The summed E-state index contributed by atoms with van der Waals surface area (Å²) in [4.78, 5) is 5.78. The highest BCUT2D eigenvalue weighted by Crippen LogP contribution is 2.31. The van der Waals surface area contributed by atoms with Gasteiger partial charge in [-0.2, -0.15) is 0 Å². The fourth-order valence-electron chi connectivity index (χ4n) is 2.14. The molecule has 0 N–H and O–H groups in total. The van der Waals surface area contributed by atoms with Gasteiger partial charge in [-0.1, -0.05) is 6.07 Å². The summed E-state index contributed by atoms with van der Waals surface area (Å²) in [6.07, 6.45) is 0.950. The number of nitrogens with zero attached hydrogens (tertiary/aromatic N) is 2. The van der Waals surface area contributed by atoms with E-state index in [4.69, 9.17) is 20.8 Å². The highest BCUT2D eigenvalue weighted by atomic mass is 16.5. The van der Waals surface area contributed by atoms with Gasteiger partial charge >= 0.3 is 0 Å². The van der Waals surface area contributed by atoms with Crippen LogP contribution in [0, 0.1) is 6.57 Å². The summed E-state index contributed by atoms with van der Waals surface area (Å²) in [7, 11) is 1.60. The van der Waals surface area contributed by atoms with Crippen molar-refractivity contribution in [3.63, 3.8) is 0 Å². The van der Waals surface area contributed by atoms with Gasteiger partial charge in [0.2, 0.25) is 0 Å². The first-order chi connectivity index (χ1) is 9.83. The predicted octanol–water partition coefficient (Wildman–Crippen LogP) is 2.35. The van der Waals surface area contributed by atoms with E-state index in [1.807, 2.05) is 0 Å². The van der Waals surface area contributed by atoms with E-state index in [0.29, 0.717) is 23.8 Å². The van der Waals surface area contributed by atoms with E-state index in [1.54, 1.807) is 25.3 Å². The summed E-state index contributed by atoms with van der Waals surface area (Å²) in [5.74, 6) is 1.31. The molecule has 0 bridgehead atoms. The van der Waals surface area contributed by atoms with E-state index in [9.17, 15) is 0 Å². The summed E-state index contributed by atoms with van der Waals surface area (Å²) in [5.41, 5.74) is 0.564. The van der Waals surface area contributed by atoms with Crippen LogP contribution >= 0.6 is 0 Å². The maximum atomic E-state index is 7.03. The first kappa shape index (κ1) is 14.6. The molecule has 1 aromatic carbocycles. The highest BCUT2D eigenvalue weighted by molar-refractivity contribution is 5.55. The molecule has 0 aliphatic carbocycles. The zero-order valence-electron chi connectivity index (χ0n) is 11.8. The van der Waals surface area contributed by atoms with Gasteiger partial charge in [0.1, 0.15) is 0 Å². The van der Waals surface area contributed by atoms with Crippen LogP contribution in [0.2, 0.25) is 0 Å². The first-order valence-corrected chi connectivity index (χ1v) is 6.82. The third-order valence-electron chi connectivity index (χ3n) is 3.26. The van der Waals surface area contributed by atoms with Crippen LogP contribution in [0.5, 0.6) is 11.5 Å². The molecule has 2 rings (SSSR count). The zero-order chi connectivity index (χ0) is 14.2. The van der Waals surface area contributed by atoms with Crippen molar-refractivity contribution < 1.29 is 14.2 Å². The Bertz CT molecular complexity index is 465. The van der Waals surface area contributed by atoms with Gasteiger partial charge < -0.3 is 14.2 Å². The van der Waals surface area contributed by atoms with E-state index in [1.165, 1.54) is 0 Å². The van der Waals surface area contributed by atoms with E-state index in [2.05, 4.69) is 9.74 Å². The van der Waals surface area contributed by atoms with Gasteiger partial charge in [0.15, 0.2) is 17.2 Å². The molecule has 5 heteroatoms. The maximum Gasteiger partial charge on any atom is 0.191 e. The van der Waals surface area contributed by atoms with Gasteiger partial charge in [-0.25, -0.2) is 4.85 Å². The number of rotatable bonds is 6. The second-order valence-electron chi connectivity index (χ2n) is 4.60. The number of ether oxygens (including phenoxy) is 3. The Labute approximate surface area is 119 Å². The molecule has 0 aromatic heterocycles. The third-order valence-corrected chi connectivity index (χ3v) is 3.26. The van der Waals surface area contributed by atoms with Crippen molar-refractivity contribution in [1.82, 2.24) is 4.90 Å². The van der Waals surface area contributed by atoms with Gasteiger partial charge in [-0.05, 0) is 18.6 Å². The summed E-state index contributed by atoms with van der Waals surface area (Å²) in [5, 5.41) is 0. The number of methoxy groups -OCH3 is 1. The molecule has 0 unspecified atom stereocenters. The lowest BCUT2D eigenvalue weighted by Crippen LogP contribution is -2.37. The minimum atomic E-state index is 0.564. The molecular weight excluding hydrogens is 256 g/mol. The predicted molar refractivity (Wildman–Crippen MR) is 76.6 cm³/mol. The van der Waals surface area contributed by atoms with E-state index in [0.717, 1.165) is 39.3 Å². The van der Waals surface area contributed by atoms with E-state index >= 15 is 0 Å². The second kappa shape index (κ2) is 7.73. The lowest BCUT2D eigenvalue weighted by atomic mass is 10.3. The lowest BCUT2D eigenvalue weighted by Gasteiger charge is -2.26. The Hall–Kier alpha value is -1.77. The average Bonchev–Trinajstić information content (AvgIpc) is 2.52. The van der Waals surface area contributed by atoms with Gasteiger partial charge in [0.05, 0.1) is 33.5 Å². The zero-order valence-corrected chi connectivity index (χ0v) is 11.8. The summed E-state index contributed by atoms with van der Waals surface area (Å²) in [6, 6.07) is 5.22. The second-order valence-corrected chi connectivity index (χ2v) is 4.60. The van der Waals surface area contributed by atoms with E-state index in [-0.39, 0.29) is 0 Å². The highest BCUT2D eigenvalue weighted by Gasteiger charge is 2.10. The van der Waals surface area contributed by atoms with Crippen molar-refractivity contribution in [2.45, 2.75) is 6.42 Å². The molecule has 0 radical (unpaired) electrons. The first-order valence-electron chi connectivity index (χ1n) is 6.82. The Morgan fingerprint density at radius 2 is 2.10 bits per heavy atom. The number of hydrogen-bond donors (Lipinski definition) is 0. The molecule has 1 aromatic rings. The van der Waals surface area contributed by atoms with Crippen LogP contribution in [0.3, 0.4) is 0 Å². The standard InChI is InChI=1S/C15H20N2O3/c1-16-13-4-5-14(18-2)15(12-13)20-9-3-6-17-7-10-19-11-8-17/h4-5,12H,3,6-11H2,2H3. The Morgan fingerprint density at radius 1 is 1.30 bits per heavy atom. The van der Waals surface area contributed by atoms with Gasteiger partial charge in [-0.3, -0.25) is 4.90 Å². The Morgan fingerprint density at radius 3 is 2.80 bits per heavy atom. The minimum Gasteiger partial charge on any atom is -0.493 e. The molecule has 1 aliphatic rings. The molecule has 0 atom stereocenters. The molecule has 1 fully saturated rings. The normalized spacial score (nSPS) is 15.6. The van der Waals surface area contributed by atoms with Crippen LogP contribution < -0.4 is 9.47 Å². The Kier molecular flexibility index (Phi) is 5.66.